The molecule has 1 aliphatic rings. The number of nitrogens with zero attached hydrogens (tertiary/aromatic N) is 3. The monoisotopic (exact) mass is 527 g/mol. The van der Waals surface area contributed by atoms with Crippen molar-refractivity contribution in [2.45, 2.75) is 33.4 Å². The van der Waals surface area contributed by atoms with E-state index in [1.165, 1.54) is 11.2 Å². The van der Waals surface area contributed by atoms with Crippen LogP contribution in [0.5, 0.6) is 11.5 Å². The Morgan fingerprint density at radius 3 is 2.67 bits per heavy atom. The second kappa shape index (κ2) is 10.5. The van der Waals surface area contributed by atoms with Crippen LogP contribution in [0.15, 0.2) is 77.6 Å². The molecule has 0 saturated carbocycles. The van der Waals surface area contributed by atoms with Crippen molar-refractivity contribution in [3.05, 3.63) is 101 Å². The van der Waals surface area contributed by atoms with Gasteiger partial charge in [0.2, 0.25) is 0 Å². The van der Waals surface area contributed by atoms with Crippen LogP contribution in [-0.4, -0.2) is 44.3 Å². The molecule has 200 valence electrons. The molecule has 1 aromatic carbocycles. The SMILES string of the molecule is C=CCOc1ccc(C2/C(=C(\O)c3nc4c(C)cccn4c3C)C(=O)C(=O)N2Cc2ccco2)cc1OCC. The lowest BCUT2D eigenvalue weighted by molar-refractivity contribution is -0.140. The van der Waals surface area contributed by atoms with Crippen molar-refractivity contribution in [2.24, 2.45) is 0 Å². The first-order valence-corrected chi connectivity index (χ1v) is 12.6. The lowest BCUT2D eigenvalue weighted by Crippen LogP contribution is -2.29. The van der Waals surface area contributed by atoms with E-state index in [4.69, 9.17) is 13.9 Å². The van der Waals surface area contributed by atoms with Crippen LogP contribution >= 0.6 is 0 Å². The van der Waals surface area contributed by atoms with Gasteiger partial charge in [-0.25, -0.2) is 4.98 Å². The van der Waals surface area contributed by atoms with Gasteiger partial charge >= 0.3 is 0 Å². The van der Waals surface area contributed by atoms with Gasteiger partial charge in [0.05, 0.1) is 36.7 Å². The number of aromatic nitrogens is 2. The molecule has 1 aliphatic heterocycles. The topological polar surface area (TPSA) is 107 Å². The summed E-state index contributed by atoms with van der Waals surface area (Å²) in [5, 5.41) is 11.6. The number of carbonyl (C=O) groups excluding carboxylic acids is 2. The van der Waals surface area contributed by atoms with Gasteiger partial charge in [0.15, 0.2) is 17.3 Å². The molecule has 0 spiro atoms. The van der Waals surface area contributed by atoms with Crippen molar-refractivity contribution in [1.29, 1.82) is 0 Å². The number of aryl methyl sites for hydroxylation is 2. The molecule has 0 radical (unpaired) electrons. The Morgan fingerprint density at radius 1 is 1.15 bits per heavy atom. The van der Waals surface area contributed by atoms with Crippen LogP contribution in [0.2, 0.25) is 0 Å². The Labute approximate surface area is 225 Å². The number of rotatable bonds is 9. The highest BCUT2D eigenvalue weighted by atomic mass is 16.5. The number of furan rings is 1. The van der Waals surface area contributed by atoms with Crippen LogP contribution in [0.25, 0.3) is 11.4 Å². The summed E-state index contributed by atoms with van der Waals surface area (Å²) in [7, 11) is 0. The maximum absolute atomic E-state index is 13.5. The first-order valence-electron chi connectivity index (χ1n) is 12.6. The quantitative estimate of drug-likeness (QED) is 0.139. The molecular weight excluding hydrogens is 498 g/mol. The molecule has 4 heterocycles. The highest BCUT2D eigenvalue weighted by molar-refractivity contribution is 6.46. The average molecular weight is 528 g/mol. The Morgan fingerprint density at radius 2 is 1.97 bits per heavy atom. The van der Waals surface area contributed by atoms with E-state index in [0.717, 1.165) is 5.56 Å². The molecule has 0 aliphatic carbocycles. The number of ether oxygens (including phenoxy) is 2. The molecule has 1 N–H and O–H groups in total. The van der Waals surface area contributed by atoms with Gasteiger partial charge in [-0.15, -0.1) is 0 Å². The third-order valence-corrected chi connectivity index (χ3v) is 6.69. The number of aliphatic hydroxyl groups is 1. The minimum absolute atomic E-state index is 0.0287. The summed E-state index contributed by atoms with van der Waals surface area (Å²) in [6.07, 6.45) is 4.97. The molecule has 1 saturated heterocycles. The fraction of sp³-hybridized carbons (Fsp3) is 0.233. The van der Waals surface area contributed by atoms with Gasteiger partial charge in [0.25, 0.3) is 11.7 Å². The number of pyridine rings is 1. The van der Waals surface area contributed by atoms with Gasteiger partial charge < -0.3 is 28.3 Å². The largest absolute Gasteiger partial charge is 0.505 e. The van der Waals surface area contributed by atoms with E-state index < -0.39 is 17.7 Å². The lowest BCUT2D eigenvalue weighted by atomic mass is 9.96. The van der Waals surface area contributed by atoms with E-state index in [2.05, 4.69) is 11.6 Å². The molecule has 1 atom stereocenters. The van der Waals surface area contributed by atoms with E-state index in [-0.39, 0.29) is 30.2 Å². The van der Waals surface area contributed by atoms with Crippen molar-refractivity contribution in [3.63, 3.8) is 0 Å². The first kappa shape index (κ1) is 25.8. The van der Waals surface area contributed by atoms with Gasteiger partial charge in [-0.1, -0.05) is 24.8 Å². The fourth-order valence-electron chi connectivity index (χ4n) is 4.87. The highest BCUT2D eigenvalue weighted by Gasteiger charge is 2.47. The van der Waals surface area contributed by atoms with Gasteiger partial charge in [0.1, 0.15) is 23.7 Å². The van der Waals surface area contributed by atoms with Crippen molar-refractivity contribution in [2.75, 3.05) is 13.2 Å². The molecular formula is C30H29N3O6. The van der Waals surface area contributed by atoms with E-state index in [9.17, 15) is 14.7 Å². The van der Waals surface area contributed by atoms with Crippen LogP contribution in [0.1, 0.15) is 41.2 Å². The predicted octanol–water partition coefficient (Wildman–Crippen LogP) is 5.13. The van der Waals surface area contributed by atoms with Crippen LogP contribution in [0.4, 0.5) is 0 Å². The zero-order chi connectivity index (χ0) is 27.7. The average Bonchev–Trinajstić information content (AvgIpc) is 3.63. The first-order chi connectivity index (χ1) is 18.8. The number of hydrogen-bond acceptors (Lipinski definition) is 7. The van der Waals surface area contributed by atoms with Crippen LogP contribution in [0, 0.1) is 13.8 Å². The summed E-state index contributed by atoms with van der Waals surface area (Å²) in [6.45, 7) is 9.94. The summed E-state index contributed by atoms with van der Waals surface area (Å²) in [6, 6.07) is 11.5. The van der Waals surface area contributed by atoms with E-state index in [1.54, 1.807) is 43.3 Å². The number of aliphatic hydroxyl groups excluding tert-OH is 1. The van der Waals surface area contributed by atoms with Gasteiger partial charge in [-0.2, -0.15) is 0 Å². The van der Waals surface area contributed by atoms with Crippen molar-refractivity contribution >= 4 is 23.1 Å². The Kier molecular flexibility index (Phi) is 6.98. The van der Waals surface area contributed by atoms with Crippen molar-refractivity contribution in [1.82, 2.24) is 14.3 Å². The number of hydrogen-bond donors (Lipinski definition) is 1. The standard InChI is InChI=1S/C30H29N3O6/c1-5-14-39-22-12-11-20(16-23(22)37-6-2)26-24(28(35)30(36)33(26)17-21-10-8-15-38-21)27(34)25-19(4)32-13-7-9-18(3)29(32)31-25/h5,7-13,15-16,26,34H,1,6,14,17H2,2-4H3/b27-24+. The zero-order valence-corrected chi connectivity index (χ0v) is 22.0. The molecule has 9 heteroatoms. The predicted molar refractivity (Wildman–Crippen MR) is 145 cm³/mol. The minimum Gasteiger partial charge on any atom is -0.505 e. The third-order valence-electron chi connectivity index (χ3n) is 6.69. The lowest BCUT2D eigenvalue weighted by Gasteiger charge is -2.25. The minimum atomic E-state index is -0.923. The summed E-state index contributed by atoms with van der Waals surface area (Å²) in [5.74, 6) is -0.457. The van der Waals surface area contributed by atoms with E-state index >= 15 is 0 Å². The number of likely N-dealkylation sites (tertiary alicyclic amines) is 1. The second-order valence-corrected chi connectivity index (χ2v) is 9.18. The molecule has 1 unspecified atom stereocenters. The molecule has 5 rings (SSSR count). The van der Waals surface area contributed by atoms with E-state index in [1.807, 2.05) is 36.6 Å². The number of carbonyl (C=O) groups is 2. The van der Waals surface area contributed by atoms with Crippen LogP contribution < -0.4 is 9.47 Å². The highest BCUT2D eigenvalue weighted by Crippen LogP contribution is 2.43. The Hall–Kier alpha value is -4.79. The maximum Gasteiger partial charge on any atom is 0.296 e. The summed E-state index contributed by atoms with van der Waals surface area (Å²) in [5.41, 5.74) is 2.95. The zero-order valence-electron chi connectivity index (χ0n) is 22.0. The molecule has 1 fully saturated rings. The number of Topliss-reactive ketones (excluding diaryl/α,β-unsaturated/α-hetero) is 1. The van der Waals surface area contributed by atoms with Crippen LogP contribution in [0.3, 0.4) is 0 Å². The molecule has 39 heavy (non-hydrogen) atoms. The molecule has 9 nitrogen and oxygen atoms in total. The summed E-state index contributed by atoms with van der Waals surface area (Å²) in [4.78, 5) is 32.9. The van der Waals surface area contributed by atoms with E-state index in [0.29, 0.717) is 40.8 Å². The maximum atomic E-state index is 13.5. The molecule has 0 bridgehead atoms. The number of benzene rings is 1. The van der Waals surface area contributed by atoms with Crippen molar-refractivity contribution < 1.29 is 28.6 Å². The summed E-state index contributed by atoms with van der Waals surface area (Å²) >= 11 is 0. The van der Waals surface area contributed by atoms with Crippen LogP contribution in [-0.2, 0) is 16.1 Å². The smallest absolute Gasteiger partial charge is 0.296 e. The molecule has 4 aromatic rings. The number of ketones is 1. The third kappa shape index (κ3) is 4.56. The van der Waals surface area contributed by atoms with Gasteiger partial charge in [0, 0.05) is 6.20 Å². The molecule has 3 aromatic heterocycles. The second-order valence-electron chi connectivity index (χ2n) is 9.18. The Bertz CT molecular complexity index is 1600. The number of fused-ring (bicyclic) bond motifs is 1. The fourth-order valence-corrected chi connectivity index (χ4v) is 4.87. The summed E-state index contributed by atoms with van der Waals surface area (Å²) < 4.78 is 18.9. The molecule has 1 amide bonds. The van der Waals surface area contributed by atoms with Gasteiger partial charge in [-0.3, -0.25) is 9.59 Å². The number of amides is 1. The number of imidazole rings is 1. The normalized spacial score (nSPS) is 16.7. The van der Waals surface area contributed by atoms with Crippen molar-refractivity contribution in [3.8, 4) is 11.5 Å². The Balaban J connectivity index is 1.70. The van der Waals surface area contributed by atoms with Gasteiger partial charge in [-0.05, 0) is 62.2 Å².